The summed E-state index contributed by atoms with van der Waals surface area (Å²) in [6, 6.07) is 11.1. The van der Waals surface area contributed by atoms with E-state index < -0.39 is 19.6 Å². The van der Waals surface area contributed by atoms with Crippen molar-refractivity contribution in [3.63, 3.8) is 0 Å². The largest absolute Gasteiger partial charge is 0.467 e. The van der Waals surface area contributed by atoms with Crippen molar-refractivity contribution in [1.29, 1.82) is 0 Å². The lowest BCUT2D eigenvalue weighted by Crippen LogP contribution is -2.19. The molecule has 2 N–H and O–H groups in total. The van der Waals surface area contributed by atoms with Gasteiger partial charge in [0.25, 0.3) is 0 Å². The van der Waals surface area contributed by atoms with E-state index in [1.165, 1.54) is 0 Å². The molecule has 0 aliphatic rings. The number of rotatable bonds is 5. The maximum absolute atomic E-state index is 11.9. The van der Waals surface area contributed by atoms with Gasteiger partial charge in [-0.15, -0.1) is 0 Å². The van der Waals surface area contributed by atoms with Gasteiger partial charge in [0.2, 0.25) is 0 Å². The van der Waals surface area contributed by atoms with E-state index in [9.17, 15) is 13.2 Å². The second-order valence-electron chi connectivity index (χ2n) is 4.19. The molecular formula is C14H14F3NO2. The molecule has 2 rings (SSSR count). The van der Waals surface area contributed by atoms with Gasteiger partial charge in [-0.2, -0.15) is 13.2 Å². The Balaban J connectivity index is 2.10. The van der Waals surface area contributed by atoms with Crippen molar-refractivity contribution >= 4 is 10.8 Å². The Morgan fingerprint density at radius 2 is 1.80 bits per heavy atom. The number of nitrogens with two attached hydrogens (primary N) is 1. The van der Waals surface area contributed by atoms with E-state index in [0.717, 1.165) is 16.3 Å². The highest BCUT2D eigenvalue weighted by atomic mass is 19.4. The molecule has 0 aliphatic carbocycles. The van der Waals surface area contributed by atoms with Crippen LogP contribution in [-0.2, 0) is 11.3 Å². The van der Waals surface area contributed by atoms with Crippen LogP contribution in [0.1, 0.15) is 5.56 Å². The fourth-order valence-electron chi connectivity index (χ4n) is 1.92. The number of halogens is 3. The molecule has 0 heterocycles. The average molecular weight is 285 g/mol. The van der Waals surface area contributed by atoms with Gasteiger partial charge in [0, 0.05) is 12.1 Å². The van der Waals surface area contributed by atoms with Gasteiger partial charge < -0.3 is 15.2 Å². The van der Waals surface area contributed by atoms with Gasteiger partial charge in [-0.1, -0.05) is 30.3 Å². The van der Waals surface area contributed by atoms with Gasteiger partial charge in [0.1, 0.15) is 12.4 Å². The number of benzene rings is 2. The lowest BCUT2D eigenvalue weighted by Gasteiger charge is -2.13. The first-order valence-electron chi connectivity index (χ1n) is 5.99. The van der Waals surface area contributed by atoms with Crippen LogP contribution in [-0.4, -0.2) is 19.6 Å². The lowest BCUT2D eigenvalue weighted by molar-refractivity contribution is -0.186. The maximum Gasteiger partial charge on any atom is 0.411 e. The SMILES string of the molecule is NCc1c(OCOCC(F)(F)F)ccc2ccccc12. The molecule has 20 heavy (non-hydrogen) atoms. The van der Waals surface area contributed by atoms with Gasteiger partial charge in [0.15, 0.2) is 6.79 Å². The molecule has 0 aromatic heterocycles. The highest BCUT2D eigenvalue weighted by molar-refractivity contribution is 5.87. The Labute approximate surface area is 114 Å². The molecule has 0 aliphatic heterocycles. The van der Waals surface area contributed by atoms with E-state index >= 15 is 0 Å². The molecule has 108 valence electrons. The van der Waals surface area contributed by atoms with Crippen LogP contribution in [0.5, 0.6) is 5.75 Å². The summed E-state index contributed by atoms with van der Waals surface area (Å²) < 4.78 is 45.5. The summed E-state index contributed by atoms with van der Waals surface area (Å²) in [6.07, 6.45) is -4.36. The van der Waals surface area contributed by atoms with Crippen molar-refractivity contribution in [3.05, 3.63) is 42.0 Å². The predicted octanol–water partition coefficient (Wildman–Crippen LogP) is 3.21. The third-order valence-electron chi connectivity index (χ3n) is 2.77. The summed E-state index contributed by atoms with van der Waals surface area (Å²) in [6.45, 7) is -1.57. The predicted molar refractivity (Wildman–Crippen MR) is 69.3 cm³/mol. The first-order valence-corrected chi connectivity index (χ1v) is 5.99. The van der Waals surface area contributed by atoms with Crippen molar-refractivity contribution in [3.8, 4) is 5.75 Å². The Morgan fingerprint density at radius 1 is 1.05 bits per heavy atom. The molecule has 0 fully saturated rings. The van der Waals surface area contributed by atoms with E-state index in [1.54, 1.807) is 6.07 Å². The summed E-state index contributed by atoms with van der Waals surface area (Å²) in [7, 11) is 0. The lowest BCUT2D eigenvalue weighted by atomic mass is 10.0. The van der Waals surface area contributed by atoms with Crippen LogP contribution >= 0.6 is 0 Å². The smallest absolute Gasteiger partial charge is 0.411 e. The number of fused-ring (bicyclic) bond motifs is 1. The third kappa shape index (κ3) is 3.61. The topological polar surface area (TPSA) is 44.5 Å². The molecule has 0 unspecified atom stereocenters. The molecule has 2 aromatic carbocycles. The van der Waals surface area contributed by atoms with Crippen LogP contribution in [0, 0.1) is 0 Å². The summed E-state index contributed by atoms with van der Waals surface area (Å²) in [4.78, 5) is 0. The highest BCUT2D eigenvalue weighted by Crippen LogP contribution is 2.27. The number of hydrogen-bond donors (Lipinski definition) is 1. The van der Waals surface area contributed by atoms with Crippen molar-refractivity contribution < 1.29 is 22.6 Å². The Hall–Kier alpha value is -1.79. The molecule has 0 atom stereocenters. The van der Waals surface area contributed by atoms with Crippen molar-refractivity contribution in [2.75, 3.05) is 13.4 Å². The Bertz CT molecular complexity index is 584. The number of ether oxygens (including phenoxy) is 2. The second kappa shape index (κ2) is 6.11. The minimum atomic E-state index is -4.36. The van der Waals surface area contributed by atoms with Gasteiger partial charge in [-0.25, -0.2) is 0 Å². The standard InChI is InChI=1S/C14H14F3NO2/c15-14(16,17)8-19-9-20-13-6-5-10-3-1-2-4-11(10)12(13)7-18/h1-6H,7-9,18H2. The molecule has 0 amide bonds. The van der Waals surface area contributed by atoms with Crippen molar-refractivity contribution in [1.82, 2.24) is 0 Å². The third-order valence-corrected chi connectivity index (χ3v) is 2.77. The zero-order valence-electron chi connectivity index (χ0n) is 10.6. The number of hydrogen-bond acceptors (Lipinski definition) is 3. The van der Waals surface area contributed by atoms with Crippen molar-refractivity contribution in [2.45, 2.75) is 12.7 Å². The minimum absolute atomic E-state index is 0.232. The van der Waals surface area contributed by atoms with Crippen LogP contribution in [0.25, 0.3) is 10.8 Å². The minimum Gasteiger partial charge on any atom is -0.467 e. The van der Waals surface area contributed by atoms with Gasteiger partial charge in [0.05, 0.1) is 0 Å². The van der Waals surface area contributed by atoms with Gasteiger partial charge in [-0.05, 0) is 16.8 Å². The molecule has 0 spiro atoms. The van der Waals surface area contributed by atoms with E-state index in [2.05, 4.69) is 4.74 Å². The van der Waals surface area contributed by atoms with Gasteiger partial charge >= 0.3 is 6.18 Å². The molecule has 0 radical (unpaired) electrons. The van der Waals surface area contributed by atoms with Crippen LogP contribution in [0.3, 0.4) is 0 Å². The molecule has 6 heteroatoms. The highest BCUT2D eigenvalue weighted by Gasteiger charge is 2.27. The summed E-state index contributed by atoms with van der Waals surface area (Å²) in [5, 5.41) is 1.92. The summed E-state index contributed by atoms with van der Waals surface area (Å²) in [5.74, 6) is 0.438. The zero-order chi connectivity index (χ0) is 14.6. The average Bonchev–Trinajstić information content (AvgIpc) is 2.42. The molecule has 0 saturated heterocycles. The number of alkyl halides is 3. The van der Waals surface area contributed by atoms with Crippen LogP contribution < -0.4 is 10.5 Å². The summed E-state index contributed by atoms with van der Waals surface area (Å²) in [5.41, 5.74) is 6.44. The van der Waals surface area contributed by atoms with Crippen LogP contribution in [0.15, 0.2) is 36.4 Å². The molecule has 0 bridgehead atoms. The van der Waals surface area contributed by atoms with Crippen molar-refractivity contribution in [2.24, 2.45) is 5.73 Å². The van der Waals surface area contributed by atoms with E-state index in [0.29, 0.717) is 5.75 Å². The fourth-order valence-corrected chi connectivity index (χ4v) is 1.92. The fraction of sp³-hybridized carbons (Fsp3) is 0.286. The Kier molecular flexibility index (Phi) is 4.46. The quantitative estimate of drug-likeness (QED) is 0.677. The monoisotopic (exact) mass is 285 g/mol. The first-order chi connectivity index (χ1) is 9.51. The molecule has 2 aromatic rings. The van der Waals surface area contributed by atoms with E-state index in [1.807, 2.05) is 30.3 Å². The Morgan fingerprint density at radius 3 is 2.50 bits per heavy atom. The molecule has 3 nitrogen and oxygen atoms in total. The molecular weight excluding hydrogens is 271 g/mol. The summed E-state index contributed by atoms with van der Waals surface area (Å²) >= 11 is 0. The maximum atomic E-state index is 11.9. The molecule has 0 saturated carbocycles. The zero-order valence-corrected chi connectivity index (χ0v) is 10.6. The normalized spacial score (nSPS) is 11.8. The van der Waals surface area contributed by atoms with Gasteiger partial charge in [-0.3, -0.25) is 0 Å². The first kappa shape index (κ1) is 14.6. The van der Waals surface area contributed by atoms with E-state index in [-0.39, 0.29) is 6.54 Å². The van der Waals surface area contributed by atoms with Crippen LogP contribution in [0.4, 0.5) is 13.2 Å². The van der Waals surface area contributed by atoms with Crippen LogP contribution in [0.2, 0.25) is 0 Å². The van der Waals surface area contributed by atoms with E-state index in [4.69, 9.17) is 10.5 Å². The second-order valence-corrected chi connectivity index (χ2v) is 4.19.